The molecule has 5 heteroatoms. The molecule has 0 radical (unpaired) electrons. The van der Waals surface area contributed by atoms with Crippen LogP contribution >= 0.6 is 0 Å². The number of hydrogen-bond donors (Lipinski definition) is 0. The molecule has 5 nitrogen and oxygen atoms in total. The van der Waals surface area contributed by atoms with Crippen LogP contribution in [0.4, 0.5) is 0 Å². The van der Waals surface area contributed by atoms with E-state index < -0.39 is 0 Å². The molecule has 0 N–H and O–H groups in total. The predicted octanol–water partition coefficient (Wildman–Crippen LogP) is 2.66. The van der Waals surface area contributed by atoms with Gasteiger partial charge < -0.3 is 9.47 Å². The standard InChI is InChI=1S/C16H28N4O/c1-4-19-12-17-18-15(19)9-8-14-6-5-11-20(14)16(21)10-7-13(2)3/h12-14H,4-11H2,1-3H3. The highest BCUT2D eigenvalue weighted by Gasteiger charge is 2.28. The highest BCUT2D eigenvalue weighted by Crippen LogP contribution is 2.23. The van der Waals surface area contributed by atoms with Crippen molar-refractivity contribution < 1.29 is 4.79 Å². The van der Waals surface area contributed by atoms with Gasteiger partial charge in [-0.25, -0.2) is 0 Å². The summed E-state index contributed by atoms with van der Waals surface area (Å²) in [5.41, 5.74) is 0. The first-order valence-electron chi connectivity index (χ1n) is 8.28. The lowest BCUT2D eigenvalue weighted by molar-refractivity contribution is -0.132. The summed E-state index contributed by atoms with van der Waals surface area (Å²) in [4.78, 5) is 14.4. The van der Waals surface area contributed by atoms with Gasteiger partial charge in [0.25, 0.3) is 0 Å². The molecule has 0 aliphatic carbocycles. The van der Waals surface area contributed by atoms with Crippen molar-refractivity contribution in [2.75, 3.05) is 6.54 Å². The second kappa shape index (κ2) is 7.57. The Morgan fingerprint density at radius 1 is 1.48 bits per heavy atom. The Hall–Kier alpha value is -1.39. The number of likely N-dealkylation sites (tertiary alicyclic amines) is 1. The summed E-state index contributed by atoms with van der Waals surface area (Å²) in [6.07, 6.45) is 7.66. The monoisotopic (exact) mass is 292 g/mol. The van der Waals surface area contributed by atoms with Crippen LogP contribution in [0.1, 0.15) is 58.7 Å². The van der Waals surface area contributed by atoms with Crippen LogP contribution in [0, 0.1) is 5.92 Å². The van der Waals surface area contributed by atoms with Crippen molar-refractivity contribution in [3.05, 3.63) is 12.2 Å². The van der Waals surface area contributed by atoms with E-state index in [9.17, 15) is 4.79 Å². The maximum absolute atomic E-state index is 12.3. The van der Waals surface area contributed by atoms with Gasteiger partial charge >= 0.3 is 0 Å². The predicted molar refractivity (Wildman–Crippen MR) is 82.8 cm³/mol. The molecular weight excluding hydrogens is 264 g/mol. The molecule has 2 rings (SSSR count). The lowest BCUT2D eigenvalue weighted by atomic mass is 10.1. The van der Waals surface area contributed by atoms with Crippen molar-refractivity contribution in [2.24, 2.45) is 5.92 Å². The van der Waals surface area contributed by atoms with Crippen molar-refractivity contribution in [1.82, 2.24) is 19.7 Å². The fourth-order valence-corrected chi connectivity index (χ4v) is 3.05. The van der Waals surface area contributed by atoms with Gasteiger partial charge in [0.05, 0.1) is 0 Å². The van der Waals surface area contributed by atoms with Crippen LogP contribution < -0.4 is 0 Å². The fourth-order valence-electron chi connectivity index (χ4n) is 3.05. The molecule has 0 saturated carbocycles. The van der Waals surface area contributed by atoms with E-state index in [1.807, 2.05) is 0 Å². The first-order valence-corrected chi connectivity index (χ1v) is 8.28. The highest BCUT2D eigenvalue weighted by molar-refractivity contribution is 5.76. The van der Waals surface area contributed by atoms with E-state index in [0.29, 0.717) is 24.3 Å². The Labute approximate surface area is 127 Å². The number of amides is 1. The molecule has 1 unspecified atom stereocenters. The first kappa shape index (κ1) is 16.0. The van der Waals surface area contributed by atoms with Gasteiger partial charge in [0.15, 0.2) is 0 Å². The number of carbonyl (C=O) groups excluding carboxylic acids is 1. The van der Waals surface area contributed by atoms with Crippen LogP contribution in [0.3, 0.4) is 0 Å². The minimum atomic E-state index is 0.336. The summed E-state index contributed by atoms with van der Waals surface area (Å²) >= 11 is 0. The fraction of sp³-hybridized carbons (Fsp3) is 0.812. The molecule has 0 bridgehead atoms. The van der Waals surface area contributed by atoms with Crippen molar-refractivity contribution in [3.63, 3.8) is 0 Å². The van der Waals surface area contributed by atoms with Gasteiger partial charge in [-0.15, -0.1) is 10.2 Å². The van der Waals surface area contributed by atoms with Crippen molar-refractivity contribution in [2.45, 2.75) is 71.9 Å². The van der Waals surface area contributed by atoms with Gasteiger partial charge in [-0.1, -0.05) is 13.8 Å². The smallest absolute Gasteiger partial charge is 0.222 e. The molecule has 1 aliphatic rings. The largest absolute Gasteiger partial charge is 0.340 e. The average molecular weight is 292 g/mol. The molecule has 1 fully saturated rings. The van der Waals surface area contributed by atoms with Crippen molar-refractivity contribution in [1.29, 1.82) is 0 Å². The summed E-state index contributed by atoms with van der Waals surface area (Å²) in [6, 6.07) is 0.395. The van der Waals surface area contributed by atoms with Crippen LogP contribution in [-0.2, 0) is 17.8 Å². The number of rotatable bonds is 7. The van der Waals surface area contributed by atoms with Crippen LogP contribution in [-0.4, -0.2) is 38.2 Å². The average Bonchev–Trinajstić information content (AvgIpc) is 3.10. The quantitative estimate of drug-likeness (QED) is 0.776. The number of nitrogens with zero attached hydrogens (tertiary/aromatic N) is 4. The Morgan fingerprint density at radius 2 is 2.29 bits per heavy atom. The third-order valence-electron chi connectivity index (χ3n) is 4.37. The third-order valence-corrected chi connectivity index (χ3v) is 4.37. The highest BCUT2D eigenvalue weighted by atomic mass is 16.2. The molecule has 1 aromatic heterocycles. The van der Waals surface area contributed by atoms with Gasteiger partial charge in [0.1, 0.15) is 12.2 Å². The lowest BCUT2D eigenvalue weighted by Crippen LogP contribution is -2.36. The summed E-state index contributed by atoms with van der Waals surface area (Å²) in [7, 11) is 0. The summed E-state index contributed by atoms with van der Waals surface area (Å²) in [6.45, 7) is 8.29. The molecule has 1 aromatic rings. The third kappa shape index (κ3) is 4.29. The van der Waals surface area contributed by atoms with Crippen LogP contribution in [0.5, 0.6) is 0 Å². The maximum Gasteiger partial charge on any atom is 0.222 e. The van der Waals surface area contributed by atoms with Gasteiger partial charge in [0, 0.05) is 32.0 Å². The molecule has 0 spiro atoms. The van der Waals surface area contributed by atoms with E-state index in [-0.39, 0.29) is 0 Å². The summed E-state index contributed by atoms with van der Waals surface area (Å²) < 4.78 is 2.08. The van der Waals surface area contributed by atoms with Crippen molar-refractivity contribution >= 4 is 5.91 Å². The molecule has 2 heterocycles. The van der Waals surface area contributed by atoms with Gasteiger partial charge in [-0.05, 0) is 38.5 Å². The van der Waals surface area contributed by atoms with Crippen LogP contribution in [0.25, 0.3) is 0 Å². The minimum Gasteiger partial charge on any atom is -0.340 e. The Kier molecular flexibility index (Phi) is 5.76. The zero-order valence-electron chi connectivity index (χ0n) is 13.6. The van der Waals surface area contributed by atoms with Gasteiger partial charge in [-0.3, -0.25) is 4.79 Å². The van der Waals surface area contributed by atoms with E-state index in [1.54, 1.807) is 6.33 Å². The first-order chi connectivity index (χ1) is 10.1. The van der Waals surface area contributed by atoms with Gasteiger partial charge in [0.2, 0.25) is 5.91 Å². The molecule has 118 valence electrons. The lowest BCUT2D eigenvalue weighted by Gasteiger charge is -2.25. The minimum absolute atomic E-state index is 0.336. The van der Waals surface area contributed by atoms with E-state index in [0.717, 1.165) is 51.0 Å². The Morgan fingerprint density at radius 3 is 3.00 bits per heavy atom. The molecular formula is C16H28N4O. The summed E-state index contributed by atoms with van der Waals surface area (Å²) in [5, 5.41) is 8.16. The molecule has 1 atom stereocenters. The Balaban J connectivity index is 1.85. The molecule has 21 heavy (non-hydrogen) atoms. The van der Waals surface area contributed by atoms with Crippen LogP contribution in [0.15, 0.2) is 6.33 Å². The Bertz CT molecular complexity index is 455. The van der Waals surface area contributed by atoms with Crippen molar-refractivity contribution in [3.8, 4) is 0 Å². The van der Waals surface area contributed by atoms with E-state index in [4.69, 9.17) is 0 Å². The number of aryl methyl sites for hydroxylation is 2. The normalized spacial score (nSPS) is 18.7. The number of hydrogen-bond acceptors (Lipinski definition) is 3. The van der Waals surface area contributed by atoms with Crippen LogP contribution in [0.2, 0.25) is 0 Å². The zero-order chi connectivity index (χ0) is 15.2. The molecule has 1 amide bonds. The van der Waals surface area contributed by atoms with E-state index >= 15 is 0 Å². The second-order valence-corrected chi connectivity index (χ2v) is 6.39. The topological polar surface area (TPSA) is 51.0 Å². The number of carbonyl (C=O) groups is 1. The molecule has 1 saturated heterocycles. The van der Waals surface area contributed by atoms with Gasteiger partial charge in [-0.2, -0.15) is 0 Å². The second-order valence-electron chi connectivity index (χ2n) is 6.39. The zero-order valence-corrected chi connectivity index (χ0v) is 13.6. The molecule has 0 aromatic carbocycles. The summed E-state index contributed by atoms with van der Waals surface area (Å²) in [5.74, 6) is 1.97. The SMILES string of the molecule is CCn1cnnc1CCC1CCCN1C(=O)CCC(C)C. The van der Waals surface area contributed by atoms with E-state index in [1.165, 1.54) is 0 Å². The number of aromatic nitrogens is 3. The van der Waals surface area contributed by atoms with E-state index in [2.05, 4.69) is 40.4 Å². The molecule has 1 aliphatic heterocycles. The maximum atomic E-state index is 12.3.